The van der Waals surface area contributed by atoms with Crippen LogP contribution in [0.5, 0.6) is 5.75 Å². The minimum Gasteiger partial charge on any atom is -0.495 e. The maximum Gasteiger partial charge on any atom is 0.323 e. The number of para-hydroxylation sites is 1. The third-order valence-electron chi connectivity index (χ3n) is 6.63. The van der Waals surface area contributed by atoms with Crippen molar-refractivity contribution in [3.63, 3.8) is 0 Å². The summed E-state index contributed by atoms with van der Waals surface area (Å²) in [6.07, 6.45) is -0.0586. The molecule has 3 aromatic carbocycles. The predicted molar refractivity (Wildman–Crippen MR) is 164 cm³/mol. The van der Waals surface area contributed by atoms with E-state index >= 15 is 0 Å². The van der Waals surface area contributed by atoms with Gasteiger partial charge in [0.15, 0.2) is 5.69 Å². The first kappa shape index (κ1) is 31.3. The molecule has 0 fully saturated rings. The highest BCUT2D eigenvalue weighted by atomic mass is 16.5. The molecule has 1 aromatic heterocycles. The molecule has 12 heteroatoms. The van der Waals surface area contributed by atoms with Crippen LogP contribution in [0.15, 0.2) is 77.3 Å². The van der Waals surface area contributed by atoms with Crippen molar-refractivity contribution in [3.8, 4) is 5.75 Å². The highest BCUT2D eigenvalue weighted by molar-refractivity contribution is 6.01. The van der Waals surface area contributed by atoms with Gasteiger partial charge in [-0.25, -0.2) is 4.79 Å². The number of ether oxygens (including phenoxy) is 2. The number of amides is 4. The Hall–Kier alpha value is -5.65. The van der Waals surface area contributed by atoms with E-state index in [1.54, 1.807) is 55.5 Å². The second-order valence-corrected chi connectivity index (χ2v) is 9.90. The zero-order chi connectivity index (χ0) is 31.6. The summed E-state index contributed by atoms with van der Waals surface area (Å²) in [5.74, 6) is -0.408. The van der Waals surface area contributed by atoms with Gasteiger partial charge < -0.3 is 35.3 Å². The molecule has 228 valence electrons. The van der Waals surface area contributed by atoms with Gasteiger partial charge in [0.1, 0.15) is 11.5 Å². The van der Waals surface area contributed by atoms with E-state index in [0.29, 0.717) is 39.7 Å². The van der Waals surface area contributed by atoms with Crippen molar-refractivity contribution < 1.29 is 33.2 Å². The fourth-order valence-electron chi connectivity index (χ4n) is 4.34. The Kier molecular flexibility index (Phi) is 10.3. The minimum absolute atomic E-state index is 0.0476. The molecule has 0 radical (unpaired) electrons. The van der Waals surface area contributed by atoms with E-state index in [9.17, 15) is 19.2 Å². The van der Waals surface area contributed by atoms with Crippen LogP contribution in [0.3, 0.4) is 0 Å². The van der Waals surface area contributed by atoms with Crippen LogP contribution in [0, 0.1) is 13.8 Å². The summed E-state index contributed by atoms with van der Waals surface area (Å²) < 4.78 is 15.2. The number of nitrogens with zero attached hydrogens (tertiary/aromatic N) is 1. The summed E-state index contributed by atoms with van der Waals surface area (Å²) in [5, 5.41) is 14.9. The molecule has 0 aliphatic heterocycles. The van der Waals surface area contributed by atoms with Crippen LogP contribution < -0.4 is 26.0 Å². The van der Waals surface area contributed by atoms with Gasteiger partial charge in [0.25, 0.3) is 5.91 Å². The van der Waals surface area contributed by atoms with Crippen LogP contribution >= 0.6 is 0 Å². The predicted octanol–water partition coefficient (Wildman–Crippen LogP) is 5.16. The largest absolute Gasteiger partial charge is 0.495 e. The summed E-state index contributed by atoms with van der Waals surface area (Å²) >= 11 is 0. The number of aromatic nitrogens is 1. The first-order chi connectivity index (χ1) is 21.1. The summed E-state index contributed by atoms with van der Waals surface area (Å²) in [7, 11) is 2.75. The van der Waals surface area contributed by atoms with E-state index in [0.717, 1.165) is 5.56 Å². The molecule has 4 aromatic rings. The fraction of sp³-hybridized carbons (Fsp3) is 0.219. The fourth-order valence-corrected chi connectivity index (χ4v) is 4.34. The lowest BCUT2D eigenvalue weighted by molar-refractivity contribution is -0.141. The Morgan fingerprint density at radius 3 is 2.25 bits per heavy atom. The molecule has 0 bridgehead atoms. The Labute approximate surface area is 254 Å². The molecular formula is C32H33N5O7. The van der Waals surface area contributed by atoms with Gasteiger partial charge in [-0.1, -0.05) is 41.6 Å². The van der Waals surface area contributed by atoms with Crippen molar-refractivity contribution in [1.82, 2.24) is 10.5 Å². The van der Waals surface area contributed by atoms with Crippen molar-refractivity contribution in [2.24, 2.45) is 0 Å². The lowest BCUT2D eigenvalue weighted by Gasteiger charge is -2.18. The van der Waals surface area contributed by atoms with Crippen molar-refractivity contribution in [2.75, 3.05) is 30.2 Å². The molecule has 0 aliphatic carbocycles. The average Bonchev–Trinajstić information content (AvgIpc) is 3.45. The average molecular weight is 600 g/mol. The third kappa shape index (κ3) is 8.44. The van der Waals surface area contributed by atoms with Crippen molar-refractivity contribution in [1.29, 1.82) is 0 Å². The van der Waals surface area contributed by atoms with Crippen molar-refractivity contribution in [2.45, 2.75) is 32.7 Å². The number of nitrogens with one attached hydrogen (secondary N) is 4. The highest BCUT2D eigenvalue weighted by Crippen LogP contribution is 2.27. The molecule has 4 amide bonds. The van der Waals surface area contributed by atoms with Crippen LogP contribution in [-0.4, -0.2) is 43.2 Å². The van der Waals surface area contributed by atoms with Gasteiger partial charge in [0.2, 0.25) is 5.91 Å². The van der Waals surface area contributed by atoms with Crippen LogP contribution in [0.25, 0.3) is 0 Å². The van der Waals surface area contributed by atoms with Crippen molar-refractivity contribution >= 4 is 40.9 Å². The van der Waals surface area contributed by atoms with E-state index in [4.69, 9.17) is 14.0 Å². The molecule has 4 rings (SSSR count). The van der Waals surface area contributed by atoms with Gasteiger partial charge in [-0.05, 0) is 60.9 Å². The summed E-state index contributed by atoms with van der Waals surface area (Å²) in [6, 6.07) is 19.6. The van der Waals surface area contributed by atoms with Gasteiger partial charge in [0, 0.05) is 17.4 Å². The number of hydrogen-bond donors (Lipinski definition) is 4. The van der Waals surface area contributed by atoms with Crippen LogP contribution in [0.4, 0.5) is 21.9 Å². The molecule has 12 nitrogen and oxygen atoms in total. The molecule has 1 unspecified atom stereocenters. The lowest BCUT2D eigenvalue weighted by atomic mass is 10.0. The molecule has 1 atom stereocenters. The molecule has 0 saturated heterocycles. The number of carbonyl (C=O) groups is 4. The zero-order valence-electron chi connectivity index (χ0n) is 24.7. The highest BCUT2D eigenvalue weighted by Gasteiger charge is 2.22. The lowest BCUT2D eigenvalue weighted by Crippen LogP contribution is -2.30. The standard InChI is InChI=1S/C32H33N5O7/c1-19-7-5-6-8-24(19)35-32(41)36-25-14-9-21(16-28(25)42-3)17-29(38)33-23-12-10-22(11-13-23)26(18-30(39)43-4)34-31(40)27-15-20(2)44-37-27/h5-16,26H,17-18H2,1-4H3,(H,33,38)(H,34,40)(H2,35,36,41). The van der Waals surface area contributed by atoms with E-state index in [1.165, 1.54) is 20.3 Å². The van der Waals surface area contributed by atoms with Gasteiger partial charge in [-0.3, -0.25) is 14.4 Å². The Morgan fingerprint density at radius 2 is 1.59 bits per heavy atom. The monoisotopic (exact) mass is 599 g/mol. The van der Waals surface area contributed by atoms with Gasteiger partial charge in [-0.15, -0.1) is 0 Å². The minimum atomic E-state index is -0.699. The molecule has 0 spiro atoms. The number of anilines is 3. The molecule has 0 aliphatic rings. The molecular weight excluding hydrogens is 566 g/mol. The molecule has 0 saturated carbocycles. The molecule has 4 N–H and O–H groups in total. The van der Waals surface area contributed by atoms with Crippen LogP contribution in [0.2, 0.25) is 0 Å². The maximum atomic E-state index is 12.8. The number of carbonyl (C=O) groups excluding carboxylic acids is 4. The van der Waals surface area contributed by atoms with E-state index in [2.05, 4.69) is 26.4 Å². The number of benzene rings is 3. The van der Waals surface area contributed by atoms with E-state index in [1.807, 2.05) is 25.1 Å². The second-order valence-electron chi connectivity index (χ2n) is 9.90. The number of aryl methyl sites for hydroxylation is 2. The SMILES string of the molecule is COC(=O)CC(NC(=O)c1cc(C)on1)c1ccc(NC(=O)Cc2ccc(NC(=O)Nc3ccccc3C)c(OC)c2)cc1. The van der Waals surface area contributed by atoms with Crippen LogP contribution in [-0.2, 0) is 20.7 Å². The third-order valence-corrected chi connectivity index (χ3v) is 6.63. The Balaban J connectivity index is 1.37. The van der Waals surface area contributed by atoms with Gasteiger partial charge in [-0.2, -0.15) is 0 Å². The smallest absolute Gasteiger partial charge is 0.323 e. The Bertz CT molecular complexity index is 1650. The molecule has 1 heterocycles. The van der Waals surface area contributed by atoms with Crippen LogP contribution in [0.1, 0.15) is 45.4 Å². The van der Waals surface area contributed by atoms with E-state index in [-0.39, 0.29) is 24.4 Å². The number of esters is 1. The summed E-state index contributed by atoms with van der Waals surface area (Å²) in [4.78, 5) is 50.0. The number of hydrogen-bond acceptors (Lipinski definition) is 8. The Morgan fingerprint density at radius 1 is 0.864 bits per heavy atom. The first-order valence-electron chi connectivity index (χ1n) is 13.7. The van der Waals surface area contributed by atoms with Crippen molar-refractivity contribution in [3.05, 3.63) is 101 Å². The van der Waals surface area contributed by atoms with Gasteiger partial charge >= 0.3 is 12.0 Å². The first-order valence-corrected chi connectivity index (χ1v) is 13.7. The molecule has 44 heavy (non-hydrogen) atoms. The topological polar surface area (TPSA) is 161 Å². The maximum absolute atomic E-state index is 12.8. The number of urea groups is 1. The van der Waals surface area contributed by atoms with Gasteiger partial charge in [0.05, 0.1) is 38.8 Å². The quantitative estimate of drug-likeness (QED) is 0.172. The zero-order valence-corrected chi connectivity index (χ0v) is 24.7. The summed E-state index contributed by atoms with van der Waals surface area (Å²) in [5.41, 5.74) is 3.98. The summed E-state index contributed by atoms with van der Waals surface area (Å²) in [6.45, 7) is 3.56. The normalized spacial score (nSPS) is 11.2. The second kappa shape index (κ2) is 14.5. The number of methoxy groups -OCH3 is 2. The number of rotatable bonds is 11. The van der Waals surface area contributed by atoms with E-state index < -0.39 is 23.9 Å².